The van der Waals surface area contributed by atoms with Gasteiger partial charge in [-0.1, -0.05) is 6.07 Å². The van der Waals surface area contributed by atoms with E-state index in [9.17, 15) is 4.79 Å². The first-order chi connectivity index (χ1) is 9.34. The number of hydrogen-bond donors (Lipinski definition) is 1. The summed E-state index contributed by atoms with van der Waals surface area (Å²) in [5.74, 6) is 0.203. The van der Waals surface area contributed by atoms with Crippen molar-refractivity contribution in [1.82, 2.24) is 19.8 Å². The van der Waals surface area contributed by atoms with Crippen LogP contribution in [0, 0.1) is 0 Å². The summed E-state index contributed by atoms with van der Waals surface area (Å²) in [4.78, 5) is 13.8. The lowest BCUT2D eigenvalue weighted by Gasteiger charge is -2.15. The van der Waals surface area contributed by atoms with E-state index in [1.807, 2.05) is 40.0 Å². The van der Waals surface area contributed by atoms with Gasteiger partial charge in [0.1, 0.15) is 0 Å². The molecule has 3 rings (SSSR count). The summed E-state index contributed by atoms with van der Waals surface area (Å²) in [7, 11) is 0. The summed E-state index contributed by atoms with van der Waals surface area (Å²) in [5, 5.41) is 7.49. The van der Waals surface area contributed by atoms with Crippen molar-refractivity contribution in [3.05, 3.63) is 36.2 Å². The highest BCUT2D eigenvalue weighted by molar-refractivity contribution is 5.78. The van der Waals surface area contributed by atoms with E-state index in [0.29, 0.717) is 13.1 Å². The normalized spacial score (nSPS) is 15.3. The Bertz CT molecular complexity index is 572. The van der Waals surface area contributed by atoms with Crippen LogP contribution in [0.15, 0.2) is 30.6 Å². The molecule has 19 heavy (non-hydrogen) atoms. The number of carbonyl (C=O) groups excluding carboxylic acids is 1. The monoisotopic (exact) mass is 258 g/mol. The molecule has 0 saturated carbocycles. The molecule has 1 N–H and O–H groups in total. The van der Waals surface area contributed by atoms with E-state index in [2.05, 4.69) is 10.4 Å². The lowest BCUT2D eigenvalue weighted by atomic mass is 10.2. The fraction of sp³-hybridized carbons (Fsp3) is 0.429. The maximum Gasteiger partial charge on any atom is 0.236 e. The second kappa shape index (κ2) is 5.40. The summed E-state index contributed by atoms with van der Waals surface area (Å²) in [5.41, 5.74) is 2.21. The number of nitrogens with one attached hydrogen (secondary N) is 1. The Labute approximate surface area is 112 Å². The Morgan fingerprint density at radius 2 is 2.16 bits per heavy atom. The number of carbonyl (C=O) groups is 1. The van der Waals surface area contributed by atoms with Gasteiger partial charge in [-0.25, -0.2) is 4.52 Å². The number of rotatable bonds is 4. The average molecular weight is 258 g/mol. The number of nitrogens with zero attached hydrogens (tertiary/aromatic N) is 3. The maximum absolute atomic E-state index is 11.9. The first-order valence-corrected chi connectivity index (χ1v) is 6.74. The Morgan fingerprint density at radius 1 is 1.32 bits per heavy atom. The van der Waals surface area contributed by atoms with Crippen LogP contribution in [0.1, 0.15) is 18.4 Å². The van der Waals surface area contributed by atoms with Crippen LogP contribution in [0.25, 0.3) is 5.52 Å². The minimum absolute atomic E-state index is 0.203. The molecule has 1 aliphatic rings. The van der Waals surface area contributed by atoms with Crippen LogP contribution in [0.3, 0.4) is 0 Å². The Morgan fingerprint density at radius 3 is 3.00 bits per heavy atom. The van der Waals surface area contributed by atoms with Gasteiger partial charge in [-0.15, -0.1) is 0 Å². The molecule has 5 nitrogen and oxygen atoms in total. The van der Waals surface area contributed by atoms with Gasteiger partial charge in [0.2, 0.25) is 5.91 Å². The number of fused-ring (bicyclic) bond motifs is 1. The van der Waals surface area contributed by atoms with Crippen LogP contribution in [0.2, 0.25) is 0 Å². The van der Waals surface area contributed by atoms with E-state index in [-0.39, 0.29) is 5.91 Å². The summed E-state index contributed by atoms with van der Waals surface area (Å²) >= 11 is 0. The molecule has 0 radical (unpaired) electrons. The first kappa shape index (κ1) is 12.2. The van der Waals surface area contributed by atoms with E-state index in [1.165, 1.54) is 0 Å². The number of hydrogen-bond acceptors (Lipinski definition) is 3. The molecule has 0 atom stereocenters. The summed E-state index contributed by atoms with van der Waals surface area (Å²) in [6.45, 7) is 2.91. The molecular formula is C14H18N4O. The molecule has 1 fully saturated rings. The topological polar surface area (TPSA) is 49.6 Å². The van der Waals surface area contributed by atoms with Gasteiger partial charge in [-0.05, 0) is 25.0 Å². The minimum Gasteiger partial charge on any atom is -0.342 e. The van der Waals surface area contributed by atoms with Gasteiger partial charge >= 0.3 is 0 Å². The highest BCUT2D eigenvalue weighted by Gasteiger charge is 2.17. The minimum atomic E-state index is 0.203. The van der Waals surface area contributed by atoms with Crippen LogP contribution < -0.4 is 5.32 Å². The van der Waals surface area contributed by atoms with E-state index >= 15 is 0 Å². The zero-order chi connectivity index (χ0) is 13.1. The molecule has 0 bridgehead atoms. The van der Waals surface area contributed by atoms with Gasteiger partial charge in [-0.3, -0.25) is 4.79 Å². The SMILES string of the molecule is O=C(CNCc1cnn2ccccc12)N1CCCC1. The Hall–Kier alpha value is -1.88. The fourth-order valence-corrected chi connectivity index (χ4v) is 2.51. The highest BCUT2D eigenvalue weighted by Crippen LogP contribution is 2.10. The van der Waals surface area contributed by atoms with Crippen LogP contribution >= 0.6 is 0 Å². The van der Waals surface area contributed by atoms with Crippen molar-refractivity contribution >= 4 is 11.4 Å². The predicted molar refractivity (Wildman–Crippen MR) is 72.7 cm³/mol. The maximum atomic E-state index is 11.9. The van der Waals surface area contributed by atoms with Gasteiger partial charge in [0.05, 0.1) is 18.3 Å². The number of amides is 1. The Kier molecular flexibility index (Phi) is 3.46. The van der Waals surface area contributed by atoms with E-state index in [0.717, 1.165) is 37.0 Å². The predicted octanol–water partition coefficient (Wildman–Crippen LogP) is 1.05. The van der Waals surface area contributed by atoms with Crippen LogP contribution in [0.5, 0.6) is 0 Å². The standard InChI is InChI=1S/C14H18N4O/c19-14(17-6-3-4-7-17)11-15-9-12-10-16-18-8-2-1-5-13(12)18/h1-2,5,8,10,15H,3-4,6-7,9,11H2. The third-order valence-electron chi connectivity index (χ3n) is 3.56. The van der Waals surface area contributed by atoms with Gasteiger partial charge in [0.15, 0.2) is 0 Å². The molecule has 2 aromatic heterocycles. The molecule has 0 aromatic carbocycles. The van der Waals surface area contributed by atoms with Gasteiger partial charge < -0.3 is 10.2 Å². The van der Waals surface area contributed by atoms with E-state index < -0.39 is 0 Å². The molecular weight excluding hydrogens is 240 g/mol. The molecule has 3 heterocycles. The molecule has 0 aliphatic carbocycles. The zero-order valence-corrected chi connectivity index (χ0v) is 10.9. The molecule has 1 amide bonds. The lowest BCUT2D eigenvalue weighted by molar-refractivity contribution is -0.129. The van der Waals surface area contributed by atoms with Crippen molar-refractivity contribution in [3.63, 3.8) is 0 Å². The lowest BCUT2D eigenvalue weighted by Crippen LogP contribution is -2.35. The summed E-state index contributed by atoms with van der Waals surface area (Å²) < 4.78 is 1.85. The second-order valence-electron chi connectivity index (χ2n) is 4.89. The summed E-state index contributed by atoms with van der Waals surface area (Å²) in [6.07, 6.45) is 6.05. The summed E-state index contributed by atoms with van der Waals surface area (Å²) in [6, 6.07) is 5.98. The molecule has 1 aliphatic heterocycles. The highest BCUT2D eigenvalue weighted by atomic mass is 16.2. The molecule has 1 saturated heterocycles. The van der Waals surface area contributed by atoms with E-state index in [4.69, 9.17) is 0 Å². The van der Waals surface area contributed by atoms with Crippen LogP contribution in [-0.2, 0) is 11.3 Å². The smallest absolute Gasteiger partial charge is 0.236 e. The van der Waals surface area contributed by atoms with Crippen molar-refractivity contribution in [1.29, 1.82) is 0 Å². The van der Waals surface area contributed by atoms with Crippen molar-refractivity contribution in [3.8, 4) is 0 Å². The van der Waals surface area contributed by atoms with E-state index in [1.54, 1.807) is 0 Å². The second-order valence-corrected chi connectivity index (χ2v) is 4.89. The molecule has 0 unspecified atom stereocenters. The van der Waals surface area contributed by atoms with Gasteiger partial charge in [-0.2, -0.15) is 5.10 Å². The third kappa shape index (κ3) is 2.61. The number of pyridine rings is 1. The zero-order valence-electron chi connectivity index (χ0n) is 10.9. The third-order valence-corrected chi connectivity index (χ3v) is 3.56. The van der Waals surface area contributed by atoms with Crippen LogP contribution in [0.4, 0.5) is 0 Å². The largest absolute Gasteiger partial charge is 0.342 e. The van der Waals surface area contributed by atoms with Crippen LogP contribution in [-0.4, -0.2) is 40.1 Å². The molecule has 0 spiro atoms. The molecule has 5 heteroatoms. The van der Waals surface area contributed by atoms with Crippen molar-refractivity contribution in [2.45, 2.75) is 19.4 Å². The Balaban J connectivity index is 1.56. The van der Waals surface area contributed by atoms with Crippen molar-refractivity contribution in [2.24, 2.45) is 0 Å². The van der Waals surface area contributed by atoms with Crippen molar-refractivity contribution in [2.75, 3.05) is 19.6 Å². The van der Waals surface area contributed by atoms with Gasteiger partial charge in [0.25, 0.3) is 0 Å². The number of aromatic nitrogens is 2. The average Bonchev–Trinajstić information content (AvgIpc) is 3.08. The molecule has 2 aromatic rings. The number of likely N-dealkylation sites (tertiary alicyclic amines) is 1. The fourth-order valence-electron chi connectivity index (χ4n) is 2.51. The quantitative estimate of drug-likeness (QED) is 0.891. The first-order valence-electron chi connectivity index (χ1n) is 6.74. The molecule has 100 valence electrons. The van der Waals surface area contributed by atoms with Gasteiger partial charge in [0, 0.05) is 31.4 Å². The van der Waals surface area contributed by atoms with Crippen molar-refractivity contribution < 1.29 is 4.79 Å².